The van der Waals surface area contributed by atoms with Gasteiger partial charge in [0.2, 0.25) is 6.79 Å². The number of amides is 1. The van der Waals surface area contributed by atoms with E-state index in [1.165, 1.54) is 7.11 Å². The smallest absolute Gasteiger partial charge is 0.255 e. The highest BCUT2D eigenvalue weighted by atomic mass is 35.5. The average molecular weight is 516 g/mol. The standard InChI is InChI=1S/C27H34ClN3O5/c1-34-25-15-22(29)21(28)14-20(25)27(33)30-16-18-8-11-31(12-9-18)10-4-2-3-5-23(32)19-6-7-24-26(13-19)36-17-35-24/h6-7,13-15,18H,2-5,8-12,16-17,29H2,1H3,(H,30,33). The van der Waals surface area contributed by atoms with Crippen molar-refractivity contribution in [2.24, 2.45) is 5.92 Å². The zero-order chi connectivity index (χ0) is 25.5. The number of methoxy groups -OCH3 is 1. The number of carbonyl (C=O) groups is 2. The van der Waals surface area contributed by atoms with E-state index < -0.39 is 0 Å². The summed E-state index contributed by atoms with van der Waals surface area (Å²) in [7, 11) is 1.51. The molecule has 0 aliphatic carbocycles. The van der Waals surface area contributed by atoms with Gasteiger partial charge >= 0.3 is 0 Å². The quantitative estimate of drug-likeness (QED) is 0.257. The third-order valence-corrected chi connectivity index (χ3v) is 7.22. The van der Waals surface area contributed by atoms with Crippen LogP contribution in [-0.4, -0.2) is 56.7 Å². The van der Waals surface area contributed by atoms with E-state index in [2.05, 4.69) is 10.2 Å². The maximum absolute atomic E-state index is 12.6. The van der Waals surface area contributed by atoms with Crippen LogP contribution in [0.15, 0.2) is 30.3 Å². The molecule has 1 amide bonds. The molecule has 194 valence electrons. The van der Waals surface area contributed by atoms with E-state index in [0.29, 0.717) is 58.0 Å². The fourth-order valence-electron chi connectivity index (χ4n) is 4.67. The van der Waals surface area contributed by atoms with Crippen LogP contribution in [0.1, 0.15) is 59.2 Å². The lowest BCUT2D eigenvalue weighted by Gasteiger charge is -2.32. The maximum atomic E-state index is 12.6. The minimum absolute atomic E-state index is 0.148. The molecule has 8 nitrogen and oxygen atoms in total. The largest absolute Gasteiger partial charge is 0.496 e. The Hall–Kier alpha value is -2.97. The second-order valence-corrected chi connectivity index (χ2v) is 9.78. The fourth-order valence-corrected chi connectivity index (χ4v) is 4.84. The second kappa shape index (κ2) is 12.3. The summed E-state index contributed by atoms with van der Waals surface area (Å²) in [6.07, 6.45) is 5.62. The van der Waals surface area contributed by atoms with Gasteiger partial charge in [-0.15, -0.1) is 0 Å². The molecule has 4 rings (SSSR count). The van der Waals surface area contributed by atoms with Crippen molar-refractivity contribution in [3.8, 4) is 17.2 Å². The molecule has 0 atom stereocenters. The Labute approximate surface area is 217 Å². The SMILES string of the molecule is COc1cc(N)c(Cl)cc1C(=O)NCC1CCN(CCCCCC(=O)c2ccc3c(c2)OCO3)CC1. The first-order valence-corrected chi connectivity index (χ1v) is 12.9. The molecule has 0 spiro atoms. The number of halogens is 1. The highest BCUT2D eigenvalue weighted by Crippen LogP contribution is 2.33. The predicted octanol–water partition coefficient (Wildman–Crippen LogP) is 4.54. The number of nitrogens with zero attached hydrogens (tertiary/aromatic N) is 1. The van der Waals surface area contributed by atoms with Crippen LogP contribution >= 0.6 is 11.6 Å². The summed E-state index contributed by atoms with van der Waals surface area (Å²) < 4.78 is 15.9. The van der Waals surface area contributed by atoms with Crippen LogP contribution in [0.2, 0.25) is 5.02 Å². The third-order valence-electron chi connectivity index (χ3n) is 6.89. The van der Waals surface area contributed by atoms with E-state index in [4.69, 9.17) is 31.5 Å². The van der Waals surface area contributed by atoms with Gasteiger partial charge in [0.05, 0.1) is 23.4 Å². The summed E-state index contributed by atoms with van der Waals surface area (Å²) in [6.45, 7) is 3.92. The minimum atomic E-state index is -0.202. The van der Waals surface area contributed by atoms with Gasteiger partial charge in [0, 0.05) is 24.6 Å². The van der Waals surface area contributed by atoms with Crippen molar-refractivity contribution in [2.45, 2.75) is 38.5 Å². The van der Waals surface area contributed by atoms with E-state index in [1.807, 2.05) is 6.07 Å². The molecule has 3 N–H and O–H groups in total. The predicted molar refractivity (Wildman–Crippen MR) is 139 cm³/mol. The minimum Gasteiger partial charge on any atom is -0.496 e. The van der Waals surface area contributed by atoms with Crippen LogP contribution in [0.4, 0.5) is 5.69 Å². The highest BCUT2D eigenvalue weighted by molar-refractivity contribution is 6.33. The van der Waals surface area contributed by atoms with Gasteiger partial charge in [-0.2, -0.15) is 0 Å². The molecule has 2 aliphatic rings. The van der Waals surface area contributed by atoms with E-state index in [-0.39, 0.29) is 18.5 Å². The summed E-state index contributed by atoms with van der Waals surface area (Å²) in [6, 6.07) is 8.51. The number of nitrogens with two attached hydrogens (primary N) is 1. The van der Waals surface area contributed by atoms with E-state index in [1.54, 1.807) is 24.3 Å². The Bertz CT molecular complexity index is 1090. The number of fused-ring (bicyclic) bond motifs is 1. The van der Waals surface area contributed by atoms with Crippen LogP contribution in [0, 0.1) is 5.92 Å². The molecule has 0 saturated carbocycles. The summed E-state index contributed by atoms with van der Waals surface area (Å²) >= 11 is 6.08. The van der Waals surface area contributed by atoms with Crippen LogP contribution in [-0.2, 0) is 0 Å². The number of Topliss-reactive ketones (excluding diaryl/α,β-unsaturated/α-hetero) is 1. The first kappa shape index (κ1) is 26.1. The van der Waals surface area contributed by atoms with Crippen molar-refractivity contribution >= 4 is 29.0 Å². The van der Waals surface area contributed by atoms with E-state index in [0.717, 1.165) is 51.7 Å². The lowest BCUT2D eigenvalue weighted by molar-refractivity contribution is 0.0932. The Balaban J connectivity index is 1.10. The number of benzene rings is 2. The Morgan fingerprint density at radius 1 is 1.11 bits per heavy atom. The first-order chi connectivity index (χ1) is 17.4. The molecule has 36 heavy (non-hydrogen) atoms. The van der Waals surface area contributed by atoms with Crippen molar-refractivity contribution in [1.29, 1.82) is 0 Å². The number of nitrogens with one attached hydrogen (secondary N) is 1. The van der Waals surface area contributed by atoms with Crippen LogP contribution in [0.5, 0.6) is 17.2 Å². The number of ether oxygens (including phenoxy) is 3. The maximum Gasteiger partial charge on any atom is 0.255 e. The van der Waals surface area contributed by atoms with Crippen molar-refractivity contribution in [3.63, 3.8) is 0 Å². The van der Waals surface area contributed by atoms with E-state index >= 15 is 0 Å². The molecule has 2 heterocycles. The molecule has 2 aromatic rings. The number of hydrogen-bond acceptors (Lipinski definition) is 7. The van der Waals surface area contributed by atoms with Gasteiger partial charge in [-0.05, 0) is 75.5 Å². The summed E-state index contributed by atoms with van der Waals surface area (Å²) in [5, 5.41) is 3.36. The van der Waals surface area contributed by atoms with Crippen LogP contribution < -0.4 is 25.3 Å². The van der Waals surface area contributed by atoms with Gasteiger partial charge in [-0.25, -0.2) is 0 Å². The highest BCUT2D eigenvalue weighted by Gasteiger charge is 2.21. The number of nitrogen functional groups attached to an aromatic ring is 1. The summed E-state index contributed by atoms with van der Waals surface area (Å²) in [4.78, 5) is 27.6. The molecule has 0 radical (unpaired) electrons. The zero-order valence-electron chi connectivity index (χ0n) is 20.7. The number of hydrogen-bond donors (Lipinski definition) is 2. The molecule has 2 aliphatic heterocycles. The van der Waals surface area contributed by atoms with Crippen molar-refractivity contribution < 1.29 is 23.8 Å². The number of ketones is 1. The molecule has 0 unspecified atom stereocenters. The second-order valence-electron chi connectivity index (χ2n) is 9.37. The number of piperidine rings is 1. The number of unbranched alkanes of at least 4 members (excludes halogenated alkanes) is 2. The van der Waals surface area contributed by atoms with Crippen molar-refractivity contribution in [1.82, 2.24) is 10.2 Å². The summed E-state index contributed by atoms with van der Waals surface area (Å²) in [5.74, 6) is 2.16. The van der Waals surface area contributed by atoms with Gasteiger partial charge in [0.1, 0.15) is 5.75 Å². The lowest BCUT2D eigenvalue weighted by atomic mass is 9.96. The fraction of sp³-hybridized carbons (Fsp3) is 0.481. The van der Waals surface area contributed by atoms with Gasteiger partial charge in [-0.3, -0.25) is 9.59 Å². The van der Waals surface area contributed by atoms with Crippen LogP contribution in [0.3, 0.4) is 0 Å². The molecule has 1 saturated heterocycles. The summed E-state index contributed by atoms with van der Waals surface area (Å²) in [5.41, 5.74) is 7.27. The van der Waals surface area contributed by atoms with Gasteiger partial charge in [0.25, 0.3) is 5.91 Å². The number of rotatable bonds is 11. The van der Waals surface area contributed by atoms with Gasteiger partial charge in [0.15, 0.2) is 17.3 Å². The topological polar surface area (TPSA) is 103 Å². The number of carbonyl (C=O) groups excluding carboxylic acids is 2. The van der Waals surface area contributed by atoms with Gasteiger partial charge < -0.3 is 30.2 Å². The average Bonchev–Trinajstić information content (AvgIpc) is 3.37. The number of likely N-dealkylation sites (tertiary alicyclic amines) is 1. The van der Waals surface area contributed by atoms with Gasteiger partial charge in [-0.1, -0.05) is 18.0 Å². The normalized spacial score (nSPS) is 15.6. The van der Waals surface area contributed by atoms with Crippen molar-refractivity contribution in [2.75, 3.05) is 45.8 Å². The Morgan fingerprint density at radius 2 is 1.89 bits per heavy atom. The molecular formula is C27H34ClN3O5. The zero-order valence-corrected chi connectivity index (χ0v) is 21.4. The molecule has 9 heteroatoms. The van der Waals surface area contributed by atoms with Crippen LogP contribution in [0.25, 0.3) is 0 Å². The van der Waals surface area contributed by atoms with Crippen molar-refractivity contribution in [3.05, 3.63) is 46.5 Å². The Morgan fingerprint density at radius 3 is 2.67 bits per heavy atom. The van der Waals surface area contributed by atoms with E-state index in [9.17, 15) is 9.59 Å². The first-order valence-electron chi connectivity index (χ1n) is 12.5. The molecule has 2 aromatic carbocycles. The molecule has 0 bridgehead atoms. The number of anilines is 1. The molecule has 0 aromatic heterocycles. The molecular weight excluding hydrogens is 482 g/mol. The lowest BCUT2D eigenvalue weighted by Crippen LogP contribution is -2.39. The third kappa shape index (κ3) is 6.62. The molecule has 1 fully saturated rings. The monoisotopic (exact) mass is 515 g/mol. The Kier molecular flexibility index (Phi) is 8.93.